The van der Waals surface area contributed by atoms with Crippen molar-refractivity contribution in [1.82, 2.24) is 0 Å². The smallest absolute Gasteiger partial charge is 0.145 e. The van der Waals surface area contributed by atoms with E-state index in [0.717, 1.165) is 4.47 Å². The van der Waals surface area contributed by atoms with Crippen LogP contribution >= 0.6 is 31.9 Å². The summed E-state index contributed by atoms with van der Waals surface area (Å²) in [6, 6.07) is 12.6. The summed E-state index contributed by atoms with van der Waals surface area (Å²) in [5, 5.41) is 9.51. The standard InChI is InChI=1S/C12H8Br2O2/c13-8-4-1-2-6-10(8)16-11-7-3-5-9(15)12(11)14/h1-7,15H. The second kappa shape index (κ2) is 4.89. The highest BCUT2D eigenvalue weighted by Crippen LogP contribution is 2.37. The molecule has 1 N–H and O–H groups in total. The predicted molar refractivity (Wildman–Crippen MR) is 70.0 cm³/mol. The monoisotopic (exact) mass is 342 g/mol. The number of ether oxygens (including phenoxy) is 1. The van der Waals surface area contributed by atoms with E-state index in [2.05, 4.69) is 31.9 Å². The van der Waals surface area contributed by atoms with Gasteiger partial charge < -0.3 is 9.84 Å². The minimum Gasteiger partial charge on any atom is -0.507 e. The number of aromatic hydroxyl groups is 1. The van der Waals surface area contributed by atoms with Crippen molar-refractivity contribution in [1.29, 1.82) is 0 Å². The fourth-order valence-corrected chi connectivity index (χ4v) is 1.93. The summed E-state index contributed by atoms with van der Waals surface area (Å²) in [5.74, 6) is 1.44. The summed E-state index contributed by atoms with van der Waals surface area (Å²) in [6.07, 6.45) is 0. The van der Waals surface area contributed by atoms with Crippen LogP contribution in [0.1, 0.15) is 0 Å². The lowest BCUT2D eigenvalue weighted by atomic mass is 10.3. The molecule has 2 aromatic rings. The lowest BCUT2D eigenvalue weighted by Crippen LogP contribution is -1.86. The molecule has 0 amide bonds. The van der Waals surface area contributed by atoms with Crippen LogP contribution in [0.4, 0.5) is 0 Å². The van der Waals surface area contributed by atoms with Gasteiger partial charge in [-0.1, -0.05) is 18.2 Å². The van der Waals surface area contributed by atoms with E-state index in [1.165, 1.54) is 0 Å². The minimum atomic E-state index is 0.157. The van der Waals surface area contributed by atoms with Crippen molar-refractivity contribution >= 4 is 31.9 Å². The molecule has 2 rings (SSSR count). The Kier molecular flexibility index (Phi) is 3.51. The van der Waals surface area contributed by atoms with Crippen LogP contribution in [-0.4, -0.2) is 5.11 Å². The molecule has 2 nitrogen and oxygen atoms in total. The summed E-state index contributed by atoms with van der Waals surface area (Å²) in [5.41, 5.74) is 0. The minimum absolute atomic E-state index is 0.157. The molecule has 82 valence electrons. The van der Waals surface area contributed by atoms with E-state index in [1.807, 2.05) is 24.3 Å². The molecular formula is C12H8Br2O2. The third-order valence-corrected chi connectivity index (χ3v) is 3.45. The molecule has 0 saturated carbocycles. The van der Waals surface area contributed by atoms with Gasteiger partial charge in [-0.15, -0.1) is 0 Å². The molecule has 0 radical (unpaired) electrons. The lowest BCUT2D eigenvalue weighted by molar-refractivity contribution is 0.448. The van der Waals surface area contributed by atoms with Crippen molar-refractivity contribution < 1.29 is 9.84 Å². The molecule has 0 aromatic heterocycles. The van der Waals surface area contributed by atoms with Crippen LogP contribution in [0.15, 0.2) is 51.4 Å². The van der Waals surface area contributed by atoms with Gasteiger partial charge in [0.25, 0.3) is 0 Å². The van der Waals surface area contributed by atoms with E-state index in [9.17, 15) is 5.11 Å². The second-order valence-corrected chi connectivity index (χ2v) is 4.77. The normalized spacial score (nSPS) is 10.1. The van der Waals surface area contributed by atoms with Crippen LogP contribution in [0, 0.1) is 0 Å². The Morgan fingerprint density at radius 2 is 1.56 bits per heavy atom. The molecule has 0 unspecified atom stereocenters. The maximum atomic E-state index is 9.51. The third-order valence-electron chi connectivity index (χ3n) is 2.00. The van der Waals surface area contributed by atoms with Gasteiger partial charge in [0, 0.05) is 0 Å². The van der Waals surface area contributed by atoms with Crippen molar-refractivity contribution in [3.05, 3.63) is 51.4 Å². The number of phenols is 1. The number of halogens is 2. The average molecular weight is 344 g/mol. The molecule has 0 aliphatic carbocycles. The highest BCUT2D eigenvalue weighted by Gasteiger charge is 2.08. The number of hydrogen-bond donors (Lipinski definition) is 1. The Hall–Kier alpha value is -1.000. The fourth-order valence-electron chi connectivity index (χ4n) is 1.22. The van der Waals surface area contributed by atoms with Crippen LogP contribution < -0.4 is 4.74 Å². The molecule has 0 atom stereocenters. The van der Waals surface area contributed by atoms with Gasteiger partial charge in [-0.05, 0) is 56.1 Å². The largest absolute Gasteiger partial charge is 0.507 e. The first kappa shape index (κ1) is 11.5. The zero-order valence-corrected chi connectivity index (χ0v) is 11.3. The predicted octanol–water partition coefficient (Wildman–Crippen LogP) is 4.71. The Morgan fingerprint density at radius 3 is 2.31 bits per heavy atom. The van der Waals surface area contributed by atoms with Crippen molar-refractivity contribution in [2.75, 3.05) is 0 Å². The van der Waals surface area contributed by atoms with Crippen LogP contribution in [-0.2, 0) is 0 Å². The molecule has 0 saturated heterocycles. The molecule has 16 heavy (non-hydrogen) atoms. The van der Waals surface area contributed by atoms with Gasteiger partial charge >= 0.3 is 0 Å². The molecule has 4 heteroatoms. The van der Waals surface area contributed by atoms with E-state index >= 15 is 0 Å². The van der Waals surface area contributed by atoms with Crippen LogP contribution in [0.2, 0.25) is 0 Å². The number of benzene rings is 2. The zero-order chi connectivity index (χ0) is 11.5. The summed E-state index contributed by atoms with van der Waals surface area (Å²) < 4.78 is 7.08. The van der Waals surface area contributed by atoms with Crippen molar-refractivity contribution in [2.45, 2.75) is 0 Å². The molecule has 2 aromatic carbocycles. The summed E-state index contributed by atoms with van der Waals surface area (Å²) in [6.45, 7) is 0. The first-order valence-electron chi connectivity index (χ1n) is 4.58. The van der Waals surface area contributed by atoms with Crippen LogP contribution in [0.5, 0.6) is 17.2 Å². The lowest BCUT2D eigenvalue weighted by Gasteiger charge is -2.09. The van der Waals surface area contributed by atoms with Crippen molar-refractivity contribution in [2.24, 2.45) is 0 Å². The van der Waals surface area contributed by atoms with E-state index in [-0.39, 0.29) is 5.75 Å². The van der Waals surface area contributed by atoms with Gasteiger partial charge in [0.2, 0.25) is 0 Å². The van der Waals surface area contributed by atoms with Gasteiger partial charge in [0.15, 0.2) is 0 Å². The number of phenolic OH excluding ortho intramolecular Hbond substituents is 1. The molecule has 0 fully saturated rings. The Labute approximate surface area is 110 Å². The highest BCUT2D eigenvalue weighted by atomic mass is 79.9. The SMILES string of the molecule is Oc1cccc(Oc2ccccc2Br)c1Br. The van der Waals surface area contributed by atoms with E-state index in [1.54, 1.807) is 18.2 Å². The van der Waals surface area contributed by atoms with Gasteiger partial charge in [-0.25, -0.2) is 0 Å². The van der Waals surface area contributed by atoms with Crippen molar-refractivity contribution in [3.63, 3.8) is 0 Å². The Bertz CT molecular complexity index is 512. The first-order chi connectivity index (χ1) is 7.68. The maximum Gasteiger partial charge on any atom is 0.145 e. The van der Waals surface area contributed by atoms with E-state index in [4.69, 9.17) is 4.74 Å². The number of para-hydroxylation sites is 1. The van der Waals surface area contributed by atoms with Gasteiger partial charge in [-0.3, -0.25) is 0 Å². The number of hydrogen-bond acceptors (Lipinski definition) is 2. The highest BCUT2D eigenvalue weighted by molar-refractivity contribution is 9.11. The fraction of sp³-hybridized carbons (Fsp3) is 0. The van der Waals surface area contributed by atoms with Gasteiger partial charge in [0.05, 0.1) is 4.47 Å². The zero-order valence-electron chi connectivity index (χ0n) is 8.15. The van der Waals surface area contributed by atoms with Gasteiger partial charge in [0.1, 0.15) is 21.7 Å². The molecule has 0 heterocycles. The Balaban J connectivity index is 2.35. The van der Waals surface area contributed by atoms with Crippen LogP contribution in [0.25, 0.3) is 0 Å². The molecule has 0 aliphatic rings. The molecule has 0 bridgehead atoms. The molecule has 0 spiro atoms. The maximum absolute atomic E-state index is 9.51. The van der Waals surface area contributed by atoms with E-state index < -0.39 is 0 Å². The molecule has 0 aliphatic heterocycles. The summed E-state index contributed by atoms with van der Waals surface area (Å²) in [7, 11) is 0. The topological polar surface area (TPSA) is 29.5 Å². The number of rotatable bonds is 2. The Morgan fingerprint density at radius 1 is 0.875 bits per heavy atom. The molecular weight excluding hydrogens is 336 g/mol. The van der Waals surface area contributed by atoms with Crippen LogP contribution in [0.3, 0.4) is 0 Å². The average Bonchev–Trinajstić information content (AvgIpc) is 2.28. The first-order valence-corrected chi connectivity index (χ1v) is 6.17. The van der Waals surface area contributed by atoms with Gasteiger partial charge in [-0.2, -0.15) is 0 Å². The summed E-state index contributed by atoms with van der Waals surface area (Å²) in [4.78, 5) is 0. The van der Waals surface area contributed by atoms with Crippen molar-refractivity contribution in [3.8, 4) is 17.2 Å². The third kappa shape index (κ3) is 2.39. The second-order valence-electron chi connectivity index (χ2n) is 3.12. The quantitative estimate of drug-likeness (QED) is 0.855. The van der Waals surface area contributed by atoms with E-state index in [0.29, 0.717) is 16.0 Å². The summed E-state index contributed by atoms with van der Waals surface area (Å²) >= 11 is 6.67.